The van der Waals surface area contributed by atoms with E-state index in [9.17, 15) is 18.0 Å². The van der Waals surface area contributed by atoms with Crippen molar-refractivity contribution in [1.82, 2.24) is 9.55 Å². The first-order valence-corrected chi connectivity index (χ1v) is 8.62. The molecule has 3 rings (SSSR count). The van der Waals surface area contributed by atoms with Gasteiger partial charge in [0.2, 0.25) is 0 Å². The third-order valence-electron chi connectivity index (χ3n) is 4.42. The molecule has 0 amide bonds. The van der Waals surface area contributed by atoms with Gasteiger partial charge in [-0.15, -0.1) is 0 Å². The molecule has 4 nitrogen and oxygen atoms in total. The summed E-state index contributed by atoms with van der Waals surface area (Å²) in [6, 6.07) is 4.69. The van der Waals surface area contributed by atoms with Crippen LogP contribution < -0.4 is 10.9 Å². The Hall–Kier alpha value is -2.57. The van der Waals surface area contributed by atoms with E-state index >= 15 is 0 Å². The Morgan fingerprint density at radius 1 is 1.23 bits per heavy atom. The molecule has 0 spiro atoms. The summed E-state index contributed by atoms with van der Waals surface area (Å²) in [6.07, 6.45) is 5.98. The summed E-state index contributed by atoms with van der Waals surface area (Å²) < 4.78 is 39.8. The highest BCUT2D eigenvalue weighted by Gasteiger charge is 2.30. The minimum Gasteiger partial charge on any atom is -0.365 e. The maximum absolute atomic E-state index is 12.9. The first-order chi connectivity index (χ1) is 12.4. The summed E-state index contributed by atoms with van der Waals surface area (Å²) >= 11 is 0. The van der Waals surface area contributed by atoms with E-state index in [4.69, 9.17) is 0 Å². The molecule has 1 aliphatic carbocycles. The van der Waals surface area contributed by atoms with Gasteiger partial charge in [-0.05, 0) is 50.3 Å². The summed E-state index contributed by atoms with van der Waals surface area (Å²) in [6.45, 7) is 0.570. The fraction of sp³-hybridized carbons (Fsp3) is 0.368. The molecule has 0 saturated carbocycles. The van der Waals surface area contributed by atoms with Gasteiger partial charge in [0.05, 0.1) is 5.56 Å². The molecule has 138 valence electrons. The number of hydrogen-bond donors (Lipinski definition) is 1. The van der Waals surface area contributed by atoms with Crippen LogP contribution in [0.4, 0.5) is 19.0 Å². The molecule has 0 unspecified atom stereocenters. The second-order valence-electron chi connectivity index (χ2n) is 6.28. The van der Waals surface area contributed by atoms with Gasteiger partial charge in [0.15, 0.2) is 5.82 Å². The van der Waals surface area contributed by atoms with Crippen LogP contribution in [0.15, 0.2) is 53.1 Å². The number of hydrogen-bond acceptors (Lipinski definition) is 3. The van der Waals surface area contributed by atoms with Crippen LogP contribution in [0.25, 0.3) is 5.69 Å². The Morgan fingerprint density at radius 2 is 2.08 bits per heavy atom. The minimum absolute atomic E-state index is 0.140. The van der Waals surface area contributed by atoms with Crippen molar-refractivity contribution < 1.29 is 13.2 Å². The van der Waals surface area contributed by atoms with Gasteiger partial charge < -0.3 is 5.32 Å². The molecule has 1 aromatic carbocycles. The number of alkyl halides is 3. The molecule has 0 radical (unpaired) electrons. The van der Waals surface area contributed by atoms with E-state index in [1.54, 1.807) is 0 Å². The Kier molecular flexibility index (Phi) is 5.44. The number of halogens is 3. The van der Waals surface area contributed by atoms with E-state index in [1.807, 2.05) is 0 Å². The zero-order valence-electron chi connectivity index (χ0n) is 14.2. The highest BCUT2D eigenvalue weighted by atomic mass is 19.4. The van der Waals surface area contributed by atoms with E-state index in [-0.39, 0.29) is 11.5 Å². The van der Waals surface area contributed by atoms with Crippen molar-refractivity contribution in [2.24, 2.45) is 0 Å². The molecular weight excluding hydrogens is 343 g/mol. The maximum atomic E-state index is 12.9. The lowest BCUT2D eigenvalue weighted by molar-refractivity contribution is -0.137. The fourth-order valence-electron chi connectivity index (χ4n) is 3.04. The third-order valence-corrected chi connectivity index (χ3v) is 4.42. The van der Waals surface area contributed by atoms with Crippen LogP contribution >= 0.6 is 0 Å². The smallest absolute Gasteiger partial charge is 0.365 e. The van der Waals surface area contributed by atoms with Gasteiger partial charge in [0.1, 0.15) is 0 Å². The normalized spacial score (nSPS) is 14.8. The second-order valence-corrected chi connectivity index (χ2v) is 6.28. The quantitative estimate of drug-likeness (QED) is 0.793. The molecule has 1 aliphatic rings. The van der Waals surface area contributed by atoms with Crippen molar-refractivity contribution in [2.45, 2.75) is 38.3 Å². The van der Waals surface area contributed by atoms with E-state index in [2.05, 4.69) is 16.4 Å². The van der Waals surface area contributed by atoms with Crippen molar-refractivity contribution in [1.29, 1.82) is 0 Å². The fourth-order valence-corrected chi connectivity index (χ4v) is 3.04. The number of aromatic nitrogens is 2. The number of allylic oxidation sites excluding steroid dienone is 1. The topological polar surface area (TPSA) is 46.9 Å². The molecule has 2 aromatic rings. The first-order valence-electron chi connectivity index (χ1n) is 8.62. The summed E-state index contributed by atoms with van der Waals surface area (Å²) in [5, 5.41) is 3.01. The molecule has 1 N–H and O–H groups in total. The van der Waals surface area contributed by atoms with Crippen LogP contribution in [0.5, 0.6) is 0 Å². The van der Waals surface area contributed by atoms with Crippen LogP contribution in [0.3, 0.4) is 0 Å². The molecule has 1 aromatic heterocycles. The van der Waals surface area contributed by atoms with Crippen molar-refractivity contribution in [2.75, 3.05) is 11.9 Å². The predicted molar refractivity (Wildman–Crippen MR) is 94.5 cm³/mol. The summed E-state index contributed by atoms with van der Waals surface area (Å²) in [4.78, 5) is 16.6. The minimum atomic E-state index is -4.46. The summed E-state index contributed by atoms with van der Waals surface area (Å²) in [5.41, 5.74) is 0.269. The van der Waals surface area contributed by atoms with Gasteiger partial charge in [-0.2, -0.15) is 13.2 Å². The van der Waals surface area contributed by atoms with Crippen LogP contribution in [-0.2, 0) is 6.18 Å². The highest BCUT2D eigenvalue weighted by molar-refractivity contribution is 5.41. The third kappa shape index (κ3) is 4.33. The zero-order chi connectivity index (χ0) is 18.6. The summed E-state index contributed by atoms with van der Waals surface area (Å²) in [5.74, 6) is 0.140. The SMILES string of the molecule is O=c1c(NCCC2=CCCCC2)nccn1-c1cccc(C(F)(F)F)c1. The lowest BCUT2D eigenvalue weighted by Gasteiger charge is -2.14. The molecule has 0 fully saturated rings. The van der Waals surface area contributed by atoms with Crippen LogP contribution in [0.1, 0.15) is 37.7 Å². The first kappa shape index (κ1) is 18.2. The van der Waals surface area contributed by atoms with Crippen LogP contribution in [-0.4, -0.2) is 16.1 Å². The van der Waals surface area contributed by atoms with E-state index in [0.29, 0.717) is 6.54 Å². The van der Waals surface area contributed by atoms with Gasteiger partial charge >= 0.3 is 6.18 Å². The van der Waals surface area contributed by atoms with Crippen LogP contribution in [0, 0.1) is 0 Å². The average Bonchev–Trinajstić information content (AvgIpc) is 2.63. The number of rotatable bonds is 5. The molecule has 26 heavy (non-hydrogen) atoms. The standard InChI is InChI=1S/C19H20F3N3O/c20-19(21,22)15-7-4-8-16(13-15)25-12-11-24-17(18(25)26)23-10-9-14-5-2-1-3-6-14/h4-5,7-8,11-13H,1-3,6,9-10H2,(H,23,24). The lowest BCUT2D eigenvalue weighted by atomic mass is 9.97. The molecule has 1 heterocycles. The van der Waals surface area contributed by atoms with Crippen LogP contribution in [0.2, 0.25) is 0 Å². The van der Waals surface area contributed by atoms with Gasteiger partial charge in [-0.1, -0.05) is 17.7 Å². The van der Waals surface area contributed by atoms with Crippen molar-refractivity contribution in [3.05, 3.63) is 64.2 Å². The molecule has 0 aliphatic heterocycles. The Bertz CT molecular complexity index is 856. The van der Waals surface area contributed by atoms with Gasteiger partial charge in [-0.25, -0.2) is 4.98 Å². The molecular formula is C19H20F3N3O. The van der Waals surface area contributed by atoms with Crippen molar-refractivity contribution in [3.63, 3.8) is 0 Å². The second kappa shape index (κ2) is 7.76. The molecule has 0 atom stereocenters. The van der Waals surface area contributed by atoms with E-state index < -0.39 is 17.3 Å². The largest absolute Gasteiger partial charge is 0.416 e. The zero-order valence-corrected chi connectivity index (χ0v) is 14.2. The maximum Gasteiger partial charge on any atom is 0.416 e. The highest BCUT2D eigenvalue weighted by Crippen LogP contribution is 2.30. The number of nitrogens with zero attached hydrogens (tertiary/aromatic N) is 2. The van der Waals surface area contributed by atoms with Crippen molar-refractivity contribution in [3.8, 4) is 5.69 Å². The average molecular weight is 363 g/mol. The lowest BCUT2D eigenvalue weighted by Crippen LogP contribution is -2.24. The van der Waals surface area contributed by atoms with Gasteiger partial charge in [0, 0.05) is 24.6 Å². The monoisotopic (exact) mass is 363 g/mol. The Balaban J connectivity index is 1.77. The van der Waals surface area contributed by atoms with Gasteiger partial charge in [0.25, 0.3) is 5.56 Å². The Labute approximate surface area is 149 Å². The molecule has 7 heteroatoms. The summed E-state index contributed by atoms with van der Waals surface area (Å²) in [7, 11) is 0. The Morgan fingerprint density at radius 3 is 2.81 bits per heavy atom. The number of benzene rings is 1. The number of nitrogens with one attached hydrogen (secondary N) is 1. The van der Waals surface area contributed by atoms with Gasteiger partial charge in [-0.3, -0.25) is 9.36 Å². The molecule has 0 bridgehead atoms. The molecule has 0 saturated heterocycles. The van der Waals surface area contributed by atoms with E-state index in [1.165, 1.54) is 47.5 Å². The number of anilines is 1. The predicted octanol–water partition coefficient (Wildman–Crippen LogP) is 4.55. The van der Waals surface area contributed by atoms with Crippen molar-refractivity contribution >= 4 is 5.82 Å². The van der Waals surface area contributed by atoms with E-state index in [0.717, 1.165) is 31.4 Å².